The largest absolute Gasteiger partial charge is 0.380 e. The minimum Gasteiger partial charge on any atom is -0.380 e. The summed E-state index contributed by atoms with van der Waals surface area (Å²) in [7, 11) is 0. The van der Waals surface area contributed by atoms with Crippen LogP contribution in [-0.2, 0) is 4.79 Å². The molecule has 1 amide bonds. The zero-order valence-electron chi connectivity index (χ0n) is 7.97. The topological polar surface area (TPSA) is 63.3 Å². The molecule has 0 heterocycles. The van der Waals surface area contributed by atoms with E-state index in [0.29, 0.717) is 6.42 Å². The Morgan fingerprint density at radius 1 is 1.42 bits per heavy atom. The molecule has 0 spiro atoms. The minimum absolute atomic E-state index is 0.475. The van der Waals surface area contributed by atoms with Gasteiger partial charge in [0, 0.05) is 0 Å². The van der Waals surface area contributed by atoms with Crippen molar-refractivity contribution in [2.24, 2.45) is 5.73 Å². The Morgan fingerprint density at radius 3 is 2.42 bits per heavy atom. The molecule has 0 saturated heterocycles. The van der Waals surface area contributed by atoms with Gasteiger partial charge in [0.2, 0.25) is 5.91 Å². The Labute approximate surface area is 74.0 Å². The normalized spacial score (nSPS) is 15.6. The lowest BCUT2D eigenvalue weighted by Crippen LogP contribution is -2.40. The van der Waals surface area contributed by atoms with Crippen LogP contribution in [0, 0.1) is 0 Å². The Bertz CT molecular complexity index is 143. The van der Waals surface area contributed by atoms with E-state index in [1.165, 1.54) is 6.92 Å². The van der Waals surface area contributed by atoms with Gasteiger partial charge in [0.05, 0.1) is 0 Å². The van der Waals surface area contributed by atoms with E-state index in [2.05, 4.69) is 6.92 Å². The number of carbonyl (C=O) groups is 1. The summed E-state index contributed by atoms with van der Waals surface area (Å²) in [5, 5.41) is 9.42. The van der Waals surface area contributed by atoms with E-state index in [1.807, 2.05) is 0 Å². The molecule has 0 aromatic heterocycles. The van der Waals surface area contributed by atoms with E-state index >= 15 is 0 Å². The number of carbonyl (C=O) groups excluding carboxylic acids is 1. The molecule has 72 valence electrons. The van der Waals surface area contributed by atoms with E-state index in [1.54, 1.807) is 0 Å². The van der Waals surface area contributed by atoms with Gasteiger partial charge in [-0.3, -0.25) is 4.79 Å². The lowest BCUT2D eigenvalue weighted by molar-refractivity contribution is -0.135. The molecule has 3 nitrogen and oxygen atoms in total. The van der Waals surface area contributed by atoms with E-state index in [9.17, 15) is 9.90 Å². The van der Waals surface area contributed by atoms with Crippen molar-refractivity contribution in [2.75, 3.05) is 0 Å². The quantitative estimate of drug-likeness (QED) is 0.593. The number of nitrogens with two attached hydrogens (primary N) is 1. The first-order chi connectivity index (χ1) is 5.50. The summed E-state index contributed by atoms with van der Waals surface area (Å²) in [6, 6.07) is 0. The van der Waals surface area contributed by atoms with Crippen LogP contribution in [0.2, 0.25) is 0 Å². The van der Waals surface area contributed by atoms with Gasteiger partial charge in [0.1, 0.15) is 5.60 Å². The molecule has 0 bridgehead atoms. The number of rotatable bonds is 6. The minimum atomic E-state index is -1.31. The van der Waals surface area contributed by atoms with Crippen molar-refractivity contribution in [3.63, 3.8) is 0 Å². The molecule has 0 unspecified atom stereocenters. The Morgan fingerprint density at radius 2 is 2.00 bits per heavy atom. The summed E-state index contributed by atoms with van der Waals surface area (Å²) >= 11 is 0. The number of primary amides is 1. The maximum absolute atomic E-state index is 10.7. The number of hydrogen-bond acceptors (Lipinski definition) is 2. The number of hydrogen-bond donors (Lipinski definition) is 2. The van der Waals surface area contributed by atoms with Crippen molar-refractivity contribution in [1.29, 1.82) is 0 Å². The Hall–Kier alpha value is -0.570. The fourth-order valence-corrected chi connectivity index (χ4v) is 1.02. The summed E-state index contributed by atoms with van der Waals surface area (Å²) in [6.45, 7) is 3.59. The molecule has 0 fully saturated rings. The van der Waals surface area contributed by atoms with Crippen LogP contribution >= 0.6 is 0 Å². The van der Waals surface area contributed by atoms with Gasteiger partial charge in [-0.05, 0) is 13.3 Å². The van der Waals surface area contributed by atoms with Crippen LogP contribution in [0.15, 0.2) is 0 Å². The first kappa shape index (κ1) is 11.4. The van der Waals surface area contributed by atoms with Crippen LogP contribution in [0.4, 0.5) is 0 Å². The van der Waals surface area contributed by atoms with Gasteiger partial charge < -0.3 is 10.8 Å². The van der Waals surface area contributed by atoms with Crippen LogP contribution in [0.5, 0.6) is 0 Å². The zero-order valence-corrected chi connectivity index (χ0v) is 7.97. The van der Waals surface area contributed by atoms with Crippen LogP contribution in [-0.4, -0.2) is 16.6 Å². The summed E-state index contributed by atoms with van der Waals surface area (Å²) in [4.78, 5) is 10.7. The van der Waals surface area contributed by atoms with Gasteiger partial charge in [-0.2, -0.15) is 0 Å². The molecule has 3 heteroatoms. The van der Waals surface area contributed by atoms with E-state index < -0.39 is 11.5 Å². The Balaban J connectivity index is 3.54. The third kappa shape index (κ3) is 4.34. The molecule has 0 aromatic carbocycles. The Kier molecular flexibility index (Phi) is 4.90. The summed E-state index contributed by atoms with van der Waals surface area (Å²) < 4.78 is 0. The predicted octanol–water partition coefficient (Wildman–Crippen LogP) is 1.19. The molecule has 0 aliphatic carbocycles. The van der Waals surface area contributed by atoms with Crippen molar-refractivity contribution < 1.29 is 9.90 Å². The molecule has 0 saturated carbocycles. The van der Waals surface area contributed by atoms with Gasteiger partial charge in [-0.1, -0.05) is 32.6 Å². The maximum atomic E-state index is 10.7. The fraction of sp³-hybridized carbons (Fsp3) is 0.889. The van der Waals surface area contributed by atoms with Crippen molar-refractivity contribution in [3.8, 4) is 0 Å². The van der Waals surface area contributed by atoms with Crippen molar-refractivity contribution in [1.82, 2.24) is 0 Å². The first-order valence-corrected chi connectivity index (χ1v) is 4.53. The van der Waals surface area contributed by atoms with Gasteiger partial charge >= 0.3 is 0 Å². The molecule has 0 radical (unpaired) electrons. The summed E-state index contributed by atoms with van der Waals surface area (Å²) in [5.74, 6) is -0.626. The second kappa shape index (κ2) is 5.14. The molecule has 1 atom stereocenters. The van der Waals surface area contributed by atoms with Gasteiger partial charge in [0.25, 0.3) is 0 Å². The highest BCUT2D eigenvalue weighted by Gasteiger charge is 2.26. The standard InChI is InChI=1S/C9H19NO2/c1-3-4-5-6-7-9(2,12)8(10)11/h12H,3-7H2,1-2H3,(H2,10,11)/t9-/m1/s1. The summed E-state index contributed by atoms with van der Waals surface area (Å²) in [5.41, 5.74) is 3.68. The highest BCUT2D eigenvalue weighted by Crippen LogP contribution is 2.14. The third-order valence-electron chi connectivity index (χ3n) is 2.05. The lowest BCUT2D eigenvalue weighted by Gasteiger charge is -2.18. The van der Waals surface area contributed by atoms with Crippen LogP contribution < -0.4 is 5.73 Å². The molecule has 12 heavy (non-hydrogen) atoms. The third-order valence-corrected chi connectivity index (χ3v) is 2.05. The van der Waals surface area contributed by atoms with Crippen LogP contribution in [0.1, 0.15) is 46.0 Å². The van der Waals surface area contributed by atoms with Crippen LogP contribution in [0.3, 0.4) is 0 Å². The smallest absolute Gasteiger partial charge is 0.249 e. The molecule has 0 aliphatic heterocycles. The molecular weight excluding hydrogens is 154 g/mol. The number of aliphatic hydroxyl groups is 1. The first-order valence-electron chi connectivity index (χ1n) is 4.53. The molecule has 0 rings (SSSR count). The van der Waals surface area contributed by atoms with Crippen molar-refractivity contribution in [2.45, 2.75) is 51.6 Å². The van der Waals surface area contributed by atoms with Gasteiger partial charge in [0.15, 0.2) is 0 Å². The lowest BCUT2D eigenvalue weighted by atomic mass is 9.97. The van der Waals surface area contributed by atoms with Gasteiger partial charge in [-0.25, -0.2) is 0 Å². The second-order valence-electron chi connectivity index (χ2n) is 3.45. The molecular formula is C9H19NO2. The second-order valence-corrected chi connectivity index (χ2v) is 3.45. The van der Waals surface area contributed by atoms with Gasteiger partial charge in [-0.15, -0.1) is 0 Å². The molecule has 3 N–H and O–H groups in total. The highest BCUT2D eigenvalue weighted by atomic mass is 16.3. The van der Waals surface area contributed by atoms with E-state index in [4.69, 9.17) is 5.73 Å². The van der Waals surface area contributed by atoms with E-state index in [0.717, 1.165) is 25.7 Å². The monoisotopic (exact) mass is 173 g/mol. The molecule has 0 aliphatic rings. The number of amides is 1. The van der Waals surface area contributed by atoms with Crippen molar-refractivity contribution >= 4 is 5.91 Å². The zero-order chi connectivity index (χ0) is 9.61. The fourth-order valence-electron chi connectivity index (χ4n) is 1.02. The van der Waals surface area contributed by atoms with Crippen molar-refractivity contribution in [3.05, 3.63) is 0 Å². The van der Waals surface area contributed by atoms with E-state index in [-0.39, 0.29) is 0 Å². The highest BCUT2D eigenvalue weighted by molar-refractivity contribution is 5.82. The SMILES string of the molecule is CCCCCC[C@@](C)(O)C(N)=O. The average Bonchev–Trinajstić information content (AvgIpc) is 1.98. The summed E-state index contributed by atoms with van der Waals surface area (Å²) in [6.07, 6.45) is 4.69. The van der Waals surface area contributed by atoms with Crippen LogP contribution in [0.25, 0.3) is 0 Å². The average molecular weight is 173 g/mol. The molecule has 0 aromatic rings. The number of unbranched alkanes of at least 4 members (excludes halogenated alkanes) is 3. The maximum Gasteiger partial charge on any atom is 0.249 e. The predicted molar refractivity (Wildman–Crippen MR) is 48.6 cm³/mol.